The number of aromatic nitrogens is 1. The number of hydrogen-bond acceptors (Lipinski definition) is 6. The number of nitrogens with zero attached hydrogens (tertiary/aromatic N) is 3. The first-order valence-electron chi connectivity index (χ1n) is 12.7. The molecule has 1 N–H and O–H groups in total. The Morgan fingerprint density at radius 1 is 1.06 bits per heavy atom. The van der Waals surface area contributed by atoms with E-state index in [1.165, 1.54) is 16.7 Å². The van der Waals surface area contributed by atoms with Gasteiger partial charge in [-0.2, -0.15) is 0 Å². The minimum Gasteiger partial charge on any atom is -0.508 e. The number of aromatic hydroxyl groups is 1. The largest absolute Gasteiger partial charge is 0.508 e. The number of piperidine rings is 1. The zero-order chi connectivity index (χ0) is 24.0. The van der Waals surface area contributed by atoms with E-state index in [9.17, 15) is 5.11 Å². The molecule has 2 aliphatic rings. The van der Waals surface area contributed by atoms with Crippen molar-refractivity contribution in [2.24, 2.45) is 0 Å². The number of phenolic OH excluding ortho intramolecular Hbond substituents is 1. The summed E-state index contributed by atoms with van der Waals surface area (Å²) in [6.07, 6.45) is 6.84. The van der Waals surface area contributed by atoms with Crippen LogP contribution in [-0.2, 0) is 19.5 Å². The van der Waals surface area contributed by atoms with Gasteiger partial charge in [-0.1, -0.05) is 18.2 Å². The molecule has 0 amide bonds. The van der Waals surface area contributed by atoms with E-state index in [-0.39, 0.29) is 6.10 Å². The summed E-state index contributed by atoms with van der Waals surface area (Å²) in [4.78, 5) is 9.17. The number of benzene rings is 2. The van der Waals surface area contributed by atoms with E-state index in [0.717, 1.165) is 63.5 Å². The molecule has 1 unspecified atom stereocenters. The third-order valence-corrected chi connectivity index (χ3v) is 7.10. The molecular formula is C29H35N3O3. The maximum Gasteiger partial charge on any atom is 0.137 e. The zero-order valence-corrected chi connectivity index (χ0v) is 20.5. The fourth-order valence-electron chi connectivity index (χ4n) is 5.10. The van der Waals surface area contributed by atoms with Crippen LogP contribution in [0.25, 0.3) is 0 Å². The van der Waals surface area contributed by atoms with E-state index >= 15 is 0 Å². The Kier molecular flexibility index (Phi) is 7.50. The van der Waals surface area contributed by atoms with Crippen molar-refractivity contribution < 1.29 is 14.6 Å². The van der Waals surface area contributed by atoms with Gasteiger partial charge in [0.15, 0.2) is 0 Å². The summed E-state index contributed by atoms with van der Waals surface area (Å²) in [6.45, 7) is 7.81. The molecule has 5 rings (SSSR count). The van der Waals surface area contributed by atoms with E-state index in [2.05, 4.69) is 39.9 Å². The molecule has 0 bridgehead atoms. The van der Waals surface area contributed by atoms with Crippen LogP contribution in [0, 0.1) is 0 Å². The van der Waals surface area contributed by atoms with Gasteiger partial charge in [0.05, 0.1) is 6.20 Å². The lowest BCUT2D eigenvalue weighted by Crippen LogP contribution is -2.37. The number of rotatable bonds is 7. The summed E-state index contributed by atoms with van der Waals surface area (Å²) in [5.74, 6) is 2.19. The first kappa shape index (κ1) is 23.6. The highest BCUT2D eigenvalue weighted by Crippen LogP contribution is 2.27. The third-order valence-electron chi connectivity index (χ3n) is 7.10. The number of hydrogen-bond donors (Lipinski definition) is 1. The fourth-order valence-corrected chi connectivity index (χ4v) is 5.10. The van der Waals surface area contributed by atoms with Gasteiger partial charge in [0, 0.05) is 50.5 Å². The van der Waals surface area contributed by atoms with Crippen molar-refractivity contribution in [3.8, 4) is 17.2 Å². The van der Waals surface area contributed by atoms with Crippen molar-refractivity contribution in [1.82, 2.24) is 14.8 Å². The van der Waals surface area contributed by atoms with Crippen LogP contribution in [-0.4, -0.2) is 58.3 Å². The molecule has 0 radical (unpaired) electrons. The highest BCUT2D eigenvalue weighted by Gasteiger charge is 2.23. The summed E-state index contributed by atoms with van der Waals surface area (Å²) in [5, 5.41) is 9.56. The summed E-state index contributed by atoms with van der Waals surface area (Å²) >= 11 is 0. The van der Waals surface area contributed by atoms with Crippen molar-refractivity contribution in [3.05, 3.63) is 83.7 Å². The molecule has 1 fully saturated rings. The third kappa shape index (κ3) is 6.32. The smallest absolute Gasteiger partial charge is 0.137 e. The molecular weight excluding hydrogens is 438 g/mol. The first-order valence-corrected chi connectivity index (χ1v) is 12.7. The van der Waals surface area contributed by atoms with E-state index < -0.39 is 0 Å². The average molecular weight is 474 g/mol. The number of phenols is 1. The van der Waals surface area contributed by atoms with Gasteiger partial charge in [-0.15, -0.1) is 0 Å². The van der Waals surface area contributed by atoms with Crippen LogP contribution < -0.4 is 9.47 Å². The summed E-state index contributed by atoms with van der Waals surface area (Å²) < 4.78 is 12.2. The number of pyridine rings is 1. The van der Waals surface area contributed by atoms with Crippen molar-refractivity contribution in [1.29, 1.82) is 0 Å². The maximum absolute atomic E-state index is 9.56. The van der Waals surface area contributed by atoms with Crippen LogP contribution in [0.1, 0.15) is 36.5 Å². The van der Waals surface area contributed by atoms with E-state index in [1.54, 1.807) is 24.5 Å². The van der Waals surface area contributed by atoms with Crippen LogP contribution in [0.4, 0.5) is 0 Å². The molecule has 35 heavy (non-hydrogen) atoms. The molecule has 2 aromatic carbocycles. The first-order chi connectivity index (χ1) is 17.1. The minimum atomic E-state index is 0.263. The molecule has 3 aromatic rings. The van der Waals surface area contributed by atoms with Crippen LogP contribution in [0.3, 0.4) is 0 Å². The van der Waals surface area contributed by atoms with Crippen LogP contribution in [0.5, 0.6) is 17.2 Å². The maximum atomic E-state index is 9.56. The summed E-state index contributed by atoms with van der Waals surface area (Å²) in [7, 11) is 0. The molecule has 0 saturated carbocycles. The van der Waals surface area contributed by atoms with Gasteiger partial charge in [-0.3, -0.25) is 14.8 Å². The minimum absolute atomic E-state index is 0.263. The zero-order valence-electron chi connectivity index (χ0n) is 20.5. The van der Waals surface area contributed by atoms with Crippen molar-refractivity contribution in [3.63, 3.8) is 0 Å². The lowest BCUT2D eigenvalue weighted by atomic mass is 10.0. The fraction of sp³-hybridized carbons (Fsp3) is 0.414. The second-order valence-electron chi connectivity index (χ2n) is 9.76. The Bertz CT molecular complexity index is 1080. The lowest BCUT2D eigenvalue weighted by Gasteiger charge is -2.32. The van der Waals surface area contributed by atoms with Gasteiger partial charge in [-0.05, 0) is 73.7 Å². The average Bonchev–Trinajstić information content (AvgIpc) is 3.09. The topological polar surface area (TPSA) is 58.1 Å². The molecule has 184 valence electrons. The second kappa shape index (κ2) is 11.1. The summed E-state index contributed by atoms with van der Waals surface area (Å²) in [6, 6.07) is 18.5. The van der Waals surface area contributed by atoms with Crippen LogP contribution in [0.2, 0.25) is 0 Å². The number of likely N-dealkylation sites (tertiary alicyclic amines) is 1. The number of fused-ring (bicyclic) bond motifs is 1. The predicted molar refractivity (Wildman–Crippen MR) is 137 cm³/mol. The van der Waals surface area contributed by atoms with Gasteiger partial charge in [0.1, 0.15) is 30.0 Å². The Morgan fingerprint density at radius 3 is 2.63 bits per heavy atom. The quantitative estimate of drug-likeness (QED) is 0.539. The monoisotopic (exact) mass is 473 g/mol. The van der Waals surface area contributed by atoms with Crippen LogP contribution >= 0.6 is 0 Å². The van der Waals surface area contributed by atoms with E-state index in [1.807, 2.05) is 24.3 Å². The van der Waals surface area contributed by atoms with Crippen LogP contribution in [0.15, 0.2) is 67.0 Å². The second-order valence-corrected chi connectivity index (χ2v) is 9.76. The van der Waals surface area contributed by atoms with Crippen molar-refractivity contribution in [2.45, 2.75) is 51.4 Å². The Morgan fingerprint density at radius 2 is 1.86 bits per heavy atom. The standard InChI is InChI=1S/C29H35N3O3/c1-22(17-23-4-7-26(33)8-5-23)32-15-16-34-29-9-6-24(18-25(29)21-32)20-31-13-10-27(11-14-31)35-28-3-2-12-30-19-28/h2-9,12,18-19,22,27,33H,10-11,13-17,20-21H2,1H3. The SMILES string of the molecule is CC(Cc1ccc(O)cc1)N1CCOc2ccc(CN3CCC(Oc4cccnc4)CC3)cc2C1. The number of ether oxygens (including phenoxy) is 2. The molecule has 0 aliphatic carbocycles. The highest BCUT2D eigenvalue weighted by molar-refractivity contribution is 5.38. The molecule has 0 spiro atoms. The van der Waals surface area contributed by atoms with Gasteiger partial charge < -0.3 is 14.6 Å². The molecule has 1 atom stereocenters. The molecule has 3 heterocycles. The van der Waals surface area contributed by atoms with Gasteiger partial charge in [0.25, 0.3) is 0 Å². The molecule has 2 aliphatic heterocycles. The molecule has 1 aromatic heterocycles. The molecule has 6 nitrogen and oxygen atoms in total. The van der Waals surface area contributed by atoms with Crippen molar-refractivity contribution >= 4 is 0 Å². The normalized spacial score (nSPS) is 18.3. The predicted octanol–water partition coefficient (Wildman–Crippen LogP) is 4.66. The molecule has 6 heteroatoms. The Hall–Kier alpha value is -3.09. The highest BCUT2D eigenvalue weighted by atomic mass is 16.5. The van der Waals surface area contributed by atoms with E-state index in [4.69, 9.17) is 9.47 Å². The lowest BCUT2D eigenvalue weighted by molar-refractivity contribution is 0.0965. The summed E-state index contributed by atoms with van der Waals surface area (Å²) in [5.41, 5.74) is 3.85. The van der Waals surface area contributed by atoms with Crippen molar-refractivity contribution in [2.75, 3.05) is 26.2 Å². The Labute approximate surface area is 208 Å². The van der Waals surface area contributed by atoms with Gasteiger partial charge in [-0.25, -0.2) is 0 Å². The Balaban J connectivity index is 1.17. The van der Waals surface area contributed by atoms with Gasteiger partial charge in [0.2, 0.25) is 0 Å². The molecule has 1 saturated heterocycles. The van der Waals surface area contributed by atoms with Gasteiger partial charge >= 0.3 is 0 Å². The van der Waals surface area contributed by atoms with E-state index in [0.29, 0.717) is 18.4 Å².